The first-order valence-electron chi connectivity index (χ1n) is 11.3. The topological polar surface area (TPSA) is 52.1 Å². The summed E-state index contributed by atoms with van der Waals surface area (Å²) in [5.41, 5.74) is 2.39. The Balaban J connectivity index is 0.00000306. The molecule has 9 heteroatoms. The maximum absolute atomic E-state index is 14.1. The molecule has 2 heterocycles. The van der Waals surface area contributed by atoms with Gasteiger partial charge in [0.15, 0.2) is 5.96 Å². The molecule has 0 bridgehead atoms. The van der Waals surface area contributed by atoms with Gasteiger partial charge in [0.25, 0.3) is 0 Å². The predicted molar refractivity (Wildman–Crippen MR) is 140 cm³/mol. The lowest BCUT2D eigenvalue weighted by atomic mass is 10.2. The maximum Gasteiger partial charge on any atom is 0.191 e. The number of hydrogen-bond donors (Lipinski definition) is 2. The van der Waals surface area contributed by atoms with Crippen molar-refractivity contribution in [2.24, 2.45) is 4.99 Å². The van der Waals surface area contributed by atoms with Gasteiger partial charge < -0.3 is 25.2 Å². The Bertz CT molecular complexity index is 901. The summed E-state index contributed by atoms with van der Waals surface area (Å²) in [5, 5.41) is 6.69. The second kappa shape index (κ2) is 12.4. The molecule has 0 spiro atoms. The third-order valence-corrected chi connectivity index (χ3v) is 5.86. The fourth-order valence-corrected chi connectivity index (χ4v) is 4.19. The van der Waals surface area contributed by atoms with E-state index in [1.807, 2.05) is 6.92 Å². The van der Waals surface area contributed by atoms with Crippen LogP contribution in [0.25, 0.3) is 0 Å². The highest BCUT2D eigenvalue weighted by Crippen LogP contribution is 2.26. The van der Waals surface area contributed by atoms with Crippen LogP contribution >= 0.6 is 24.0 Å². The first-order valence-corrected chi connectivity index (χ1v) is 11.3. The van der Waals surface area contributed by atoms with Gasteiger partial charge in [0.1, 0.15) is 17.3 Å². The van der Waals surface area contributed by atoms with Gasteiger partial charge in [-0.2, -0.15) is 0 Å². The van der Waals surface area contributed by atoms with Crippen molar-refractivity contribution in [2.45, 2.75) is 25.9 Å². The fraction of sp³-hybridized carbons (Fsp3) is 0.458. The van der Waals surface area contributed by atoms with E-state index in [4.69, 9.17) is 9.73 Å². The van der Waals surface area contributed by atoms with Gasteiger partial charge in [-0.05, 0) is 43.2 Å². The van der Waals surface area contributed by atoms with E-state index in [9.17, 15) is 8.78 Å². The van der Waals surface area contributed by atoms with Crippen LogP contribution < -0.4 is 20.4 Å². The minimum Gasteiger partial charge on any atom is -0.378 e. The lowest BCUT2D eigenvalue weighted by Crippen LogP contribution is -2.44. The maximum atomic E-state index is 14.1. The van der Waals surface area contributed by atoms with E-state index in [2.05, 4.69) is 39.8 Å². The zero-order valence-electron chi connectivity index (χ0n) is 18.9. The monoisotopic (exact) mass is 571 g/mol. The zero-order chi connectivity index (χ0) is 22.3. The number of anilines is 2. The zero-order valence-corrected chi connectivity index (χ0v) is 21.2. The van der Waals surface area contributed by atoms with Crippen molar-refractivity contribution in [1.29, 1.82) is 0 Å². The van der Waals surface area contributed by atoms with Gasteiger partial charge >= 0.3 is 0 Å². The Hall–Kier alpha value is -2.14. The summed E-state index contributed by atoms with van der Waals surface area (Å²) in [5.74, 6) is -0.330. The van der Waals surface area contributed by atoms with Crippen LogP contribution in [0.5, 0.6) is 0 Å². The second-order valence-corrected chi connectivity index (χ2v) is 8.11. The van der Waals surface area contributed by atoms with Crippen molar-refractivity contribution in [3.63, 3.8) is 0 Å². The summed E-state index contributed by atoms with van der Waals surface area (Å²) in [7, 11) is 0. The Kier molecular flexibility index (Phi) is 9.54. The Morgan fingerprint density at radius 3 is 2.39 bits per heavy atom. The Morgan fingerprint density at radius 1 is 1.03 bits per heavy atom. The number of morpholine rings is 1. The van der Waals surface area contributed by atoms with Crippen LogP contribution in [0.15, 0.2) is 47.5 Å². The van der Waals surface area contributed by atoms with Gasteiger partial charge in [-0.3, -0.25) is 0 Å². The van der Waals surface area contributed by atoms with Crippen molar-refractivity contribution in [1.82, 2.24) is 10.6 Å². The van der Waals surface area contributed by atoms with Crippen LogP contribution in [0.4, 0.5) is 20.2 Å². The number of benzene rings is 2. The molecule has 2 saturated heterocycles. The smallest absolute Gasteiger partial charge is 0.191 e. The number of ether oxygens (including phenoxy) is 1. The van der Waals surface area contributed by atoms with Crippen LogP contribution in [0.3, 0.4) is 0 Å². The standard InChI is InChI=1S/C24H31F2N5O.HI/c1-2-27-24(28-16-18-6-8-20(9-7-18)30-12-14-32-15-13-30)29-19-10-11-31(17-19)23-21(25)4-3-5-22(23)26;/h3-9,19H,2,10-17H2,1H3,(H2,27,28,29);1H. The molecule has 180 valence electrons. The van der Waals surface area contributed by atoms with Gasteiger partial charge in [-0.25, -0.2) is 13.8 Å². The number of aliphatic imine (C=N–C) groups is 1. The molecule has 1 unspecified atom stereocenters. The molecule has 0 amide bonds. The molecule has 4 rings (SSSR count). The number of guanidine groups is 1. The Morgan fingerprint density at radius 2 is 1.73 bits per heavy atom. The summed E-state index contributed by atoms with van der Waals surface area (Å²) in [6.45, 7) is 7.80. The Labute approximate surface area is 211 Å². The predicted octanol–water partition coefficient (Wildman–Crippen LogP) is 3.75. The molecule has 0 aromatic heterocycles. The van der Waals surface area contributed by atoms with Crippen LogP contribution in [0, 0.1) is 11.6 Å². The lowest BCUT2D eigenvalue weighted by Gasteiger charge is -2.28. The van der Waals surface area contributed by atoms with Gasteiger partial charge in [-0.1, -0.05) is 18.2 Å². The van der Waals surface area contributed by atoms with E-state index in [1.165, 1.54) is 23.9 Å². The first kappa shape index (κ1) is 25.5. The molecule has 6 nitrogen and oxygen atoms in total. The summed E-state index contributed by atoms with van der Waals surface area (Å²) < 4.78 is 33.7. The lowest BCUT2D eigenvalue weighted by molar-refractivity contribution is 0.122. The molecule has 2 aromatic carbocycles. The highest BCUT2D eigenvalue weighted by atomic mass is 127. The van der Waals surface area contributed by atoms with Crippen molar-refractivity contribution >= 4 is 41.3 Å². The second-order valence-electron chi connectivity index (χ2n) is 8.11. The minimum atomic E-state index is -0.522. The average Bonchev–Trinajstić information content (AvgIpc) is 3.26. The number of nitrogens with zero attached hydrogens (tertiary/aromatic N) is 3. The largest absolute Gasteiger partial charge is 0.378 e. The van der Waals surface area contributed by atoms with Crippen LogP contribution in [0.1, 0.15) is 18.9 Å². The average molecular weight is 571 g/mol. The van der Waals surface area contributed by atoms with Gasteiger partial charge in [0, 0.05) is 44.5 Å². The van der Waals surface area contributed by atoms with Crippen molar-refractivity contribution in [2.75, 3.05) is 55.7 Å². The quantitative estimate of drug-likeness (QED) is 0.315. The third kappa shape index (κ3) is 6.69. The number of halogens is 3. The summed E-state index contributed by atoms with van der Waals surface area (Å²) in [4.78, 5) is 8.80. The summed E-state index contributed by atoms with van der Waals surface area (Å²) >= 11 is 0. The normalized spacial score (nSPS) is 18.8. The SMILES string of the molecule is CCNC(=NCc1ccc(N2CCOCC2)cc1)NC1CCN(c2c(F)cccc2F)C1.I. The molecule has 2 aliphatic rings. The van der Waals surface area contributed by atoms with Crippen LogP contribution in [0.2, 0.25) is 0 Å². The molecule has 2 aliphatic heterocycles. The highest BCUT2D eigenvalue weighted by Gasteiger charge is 2.27. The third-order valence-electron chi connectivity index (χ3n) is 5.86. The molecule has 2 N–H and O–H groups in total. The number of rotatable bonds is 6. The van der Waals surface area contributed by atoms with E-state index in [-0.39, 0.29) is 35.7 Å². The molecule has 33 heavy (non-hydrogen) atoms. The number of para-hydroxylation sites is 1. The van der Waals surface area contributed by atoms with E-state index in [0.717, 1.165) is 44.8 Å². The van der Waals surface area contributed by atoms with Crippen molar-refractivity contribution < 1.29 is 13.5 Å². The highest BCUT2D eigenvalue weighted by molar-refractivity contribution is 14.0. The fourth-order valence-electron chi connectivity index (χ4n) is 4.19. The molecule has 0 aliphatic carbocycles. The van der Waals surface area contributed by atoms with Gasteiger partial charge in [-0.15, -0.1) is 24.0 Å². The molecule has 2 fully saturated rings. The summed E-state index contributed by atoms with van der Waals surface area (Å²) in [6.07, 6.45) is 0.784. The van der Waals surface area contributed by atoms with Crippen LogP contribution in [-0.4, -0.2) is 57.9 Å². The molecule has 2 aromatic rings. The molecular formula is C24H32F2IN5O. The van der Waals surface area contributed by atoms with Crippen molar-refractivity contribution in [3.8, 4) is 0 Å². The minimum absolute atomic E-state index is 0. The van der Waals surface area contributed by atoms with E-state index < -0.39 is 11.6 Å². The van der Waals surface area contributed by atoms with Gasteiger partial charge in [0.05, 0.1) is 19.8 Å². The molecule has 1 atom stereocenters. The van der Waals surface area contributed by atoms with E-state index in [0.29, 0.717) is 25.6 Å². The van der Waals surface area contributed by atoms with E-state index in [1.54, 1.807) is 4.90 Å². The molecule has 0 saturated carbocycles. The number of hydrogen-bond acceptors (Lipinski definition) is 4. The van der Waals surface area contributed by atoms with Crippen LogP contribution in [-0.2, 0) is 11.3 Å². The van der Waals surface area contributed by atoms with Gasteiger partial charge in [0.2, 0.25) is 0 Å². The van der Waals surface area contributed by atoms with Crippen molar-refractivity contribution in [3.05, 3.63) is 59.7 Å². The number of nitrogens with one attached hydrogen (secondary N) is 2. The van der Waals surface area contributed by atoms with E-state index >= 15 is 0 Å². The first-order chi connectivity index (χ1) is 15.6. The molecular weight excluding hydrogens is 539 g/mol. The summed E-state index contributed by atoms with van der Waals surface area (Å²) in [6, 6.07) is 12.5. The molecule has 0 radical (unpaired) electrons.